The van der Waals surface area contributed by atoms with Gasteiger partial charge in [-0.25, -0.2) is 4.79 Å². The molecule has 0 aromatic heterocycles. The number of benzene rings is 1. The topological polar surface area (TPSA) is 107 Å². The third-order valence-corrected chi connectivity index (χ3v) is 6.41. The Balaban J connectivity index is 1.69. The van der Waals surface area contributed by atoms with Crippen molar-refractivity contribution in [3.8, 4) is 0 Å². The van der Waals surface area contributed by atoms with E-state index in [4.69, 9.17) is 4.74 Å². The summed E-state index contributed by atoms with van der Waals surface area (Å²) in [5.41, 5.74) is 0.732. The number of ether oxygens (including phenoxy) is 1. The maximum atomic E-state index is 12.5. The number of amides is 1. The zero-order valence-corrected chi connectivity index (χ0v) is 15.3. The summed E-state index contributed by atoms with van der Waals surface area (Å²) in [6, 6.07) is 5.67. The molecule has 1 fully saturated rings. The van der Waals surface area contributed by atoms with Gasteiger partial charge in [0.25, 0.3) is 5.69 Å². The number of hydrogen-bond acceptors (Lipinski definition) is 8. The standard InChI is InChI=1S/C16H14N2O6S2/c1-9(19)8-25-16-14(17-12(20)6-13(17)26-16)15(21)24-7-10-2-4-11(5-3-10)18(22)23/h2-5,13H,6-8H2,1H3/t13-/m0/s1. The molecule has 0 aliphatic carbocycles. The van der Waals surface area contributed by atoms with Crippen molar-refractivity contribution in [1.29, 1.82) is 0 Å². The Kier molecular flexibility index (Phi) is 5.33. The molecule has 1 atom stereocenters. The molecule has 1 amide bonds. The van der Waals surface area contributed by atoms with Crippen LogP contribution in [0.1, 0.15) is 18.9 Å². The van der Waals surface area contributed by atoms with Gasteiger partial charge in [0.15, 0.2) is 5.70 Å². The van der Waals surface area contributed by atoms with Gasteiger partial charge in [0, 0.05) is 12.1 Å². The zero-order chi connectivity index (χ0) is 18.8. The Morgan fingerprint density at radius 2 is 2.08 bits per heavy atom. The van der Waals surface area contributed by atoms with Crippen LogP contribution in [0.4, 0.5) is 5.69 Å². The minimum Gasteiger partial charge on any atom is -0.456 e. The fourth-order valence-electron chi connectivity index (χ4n) is 2.41. The molecule has 2 aliphatic rings. The van der Waals surface area contributed by atoms with Gasteiger partial charge in [0.2, 0.25) is 5.91 Å². The molecule has 0 spiro atoms. The molecule has 0 radical (unpaired) electrons. The number of carbonyl (C=O) groups is 3. The van der Waals surface area contributed by atoms with E-state index < -0.39 is 10.9 Å². The Hall–Kier alpha value is -2.33. The summed E-state index contributed by atoms with van der Waals surface area (Å²) in [4.78, 5) is 47.1. The highest BCUT2D eigenvalue weighted by Crippen LogP contribution is 2.50. The molecule has 3 rings (SSSR count). The van der Waals surface area contributed by atoms with Crippen molar-refractivity contribution in [2.75, 3.05) is 5.75 Å². The van der Waals surface area contributed by atoms with Gasteiger partial charge in [0.1, 0.15) is 12.4 Å². The zero-order valence-electron chi connectivity index (χ0n) is 13.7. The number of β-lactam (4-membered cyclic amide) rings is 1. The monoisotopic (exact) mass is 394 g/mol. The highest BCUT2D eigenvalue weighted by Gasteiger charge is 2.49. The number of esters is 1. The Morgan fingerprint density at radius 1 is 1.38 bits per heavy atom. The van der Waals surface area contributed by atoms with Crippen LogP contribution in [-0.4, -0.2) is 38.6 Å². The second-order valence-electron chi connectivity index (χ2n) is 5.67. The number of thioether (sulfide) groups is 2. The summed E-state index contributed by atoms with van der Waals surface area (Å²) in [6.45, 7) is 1.39. The van der Waals surface area contributed by atoms with Crippen LogP contribution in [0.3, 0.4) is 0 Å². The third-order valence-electron chi connectivity index (χ3n) is 3.70. The predicted molar refractivity (Wildman–Crippen MR) is 95.9 cm³/mol. The van der Waals surface area contributed by atoms with Gasteiger partial charge in [-0.05, 0) is 24.6 Å². The van der Waals surface area contributed by atoms with Crippen molar-refractivity contribution in [2.45, 2.75) is 25.3 Å². The number of nitro groups is 1. The maximum Gasteiger partial charge on any atom is 0.357 e. The molecule has 26 heavy (non-hydrogen) atoms. The summed E-state index contributed by atoms with van der Waals surface area (Å²) in [5, 5.41) is 10.5. The van der Waals surface area contributed by atoms with Crippen molar-refractivity contribution in [3.05, 3.63) is 49.9 Å². The normalized spacial score (nSPS) is 18.4. The second-order valence-corrected chi connectivity index (χ2v) is 8.10. The summed E-state index contributed by atoms with van der Waals surface area (Å²) in [7, 11) is 0. The molecular formula is C16H14N2O6S2. The SMILES string of the molecule is CC(=O)CSC1=C(C(=O)OCc2ccc([N+](=O)[O-])cc2)N2C(=O)C[C@@H]2S1. The quantitative estimate of drug-likeness (QED) is 0.300. The Morgan fingerprint density at radius 3 is 2.65 bits per heavy atom. The van der Waals surface area contributed by atoms with Crippen molar-refractivity contribution < 1.29 is 24.0 Å². The van der Waals surface area contributed by atoms with Crippen molar-refractivity contribution in [3.63, 3.8) is 0 Å². The third kappa shape index (κ3) is 3.75. The predicted octanol–water partition coefficient (Wildman–Crippen LogP) is 2.43. The number of nitrogens with zero attached hydrogens (tertiary/aromatic N) is 2. The molecule has 1 aromatic carbocycles. The summed E-state index contributed by atoms with van der Waals surface area (Å²) in [5.74, 6) is -0.598. The van der Waals surface area contributed by atoms with E-state index in [1.165, 1.54) is 59.6 Å². The molecule has 2 heterocycles. The molecule has 1 aromatic rings. The molecule has 136 valence electrons. The summed E-state index contributed by atoms with van der Waals surface area (Å²) in [6.07, 6.45) is 0.355. The maximum absolute atomic E-state index is 12.5. The van der Waals surface area contributed by atoms with Crippen LogP contribution in [0.5, 0.6) is 0 Å². The molecule has 1 saturated heterocycles. The van der Waals surface area contributed by atoms with E-state index in [2.05, 4.69) is 0 Å². The lowest BCUT2D eigenvalue weighted by atomic mass is 10.2. The molecular weight excluding hydrogens is 380 g/mol. The van der Waals surface area contributed by atoms with Crippen LogP contribution in [0, 0.1) is 10.1 Å². The summed E-state index contributed by atoms with van der Waals surface area (Å²) >= 11 is 2.62. The van der Waals surface area contributed by atoms with E-state index in [1.807, 2.05) is 0 Å². The van der Waals surface area contributed by atoms with Crippen LogP contribution in [0.2, 0.25) is 0 Å². The lowest BCUT2D eigenvalue weighted by Crippen LogP contribution is -2.48. The van der Waals surface area contributed by atoms with Gasteiger partial charge in [-0.15, -0.1) is 11.8 Å². The van der Waals surface area contributed by atoms with Gasteiger partial charge >= 0.3 is 5.97 Å². The number of carbonyl (C=O) groups excluding carboxylic acids is 3. The highest BCUT2D eigenvalue weighted by atomic mass is 32.2. The number of hydrogen-bond donors (Lipinski definition) is 0. The molecule has 8 nitrogen and oxygen atoms in total. The highest BCUT2D eigenvalue weighted by molar-refractivity contribution is 8.23. The van der Waals surface area contributed by atoms with E-state index in [9.17, 15) is 24.5 Å². The van der Waals surface area contributed by atoms with Gasteiger partial charge in [-0.3, -0.25) is 24.6 Å². The molecule has 10 heteroatoms. The Bertz CT molecular complexity index is 821. The fraction of sp³-hybridized carbons (Fsp3) is 0.312. The number of ketones is 1. The average molecular weight is 394 g/mol. The van der Waals surface area contributed by atoms with Crippen LogP contribution in [-0.2, 0) is 25.7 Å². The van der Waals surface area contributed by atoms with Crippen molar-refractivity contribution >= 4 is 46.9 Å². The first-order valence-electron chi connectivity index (χ1n) is 7.62. The van der Waals surface area contributed by atoms with Gasteiger partial charge in [-0.1, -0.05) is 11.8 Å². The number of Topliss-reactive ketones (excluding diaryl/α,β-unsaturated/α-hetero) is 1. The van der Waals surface area contributed by atoms with Gasteiger partial charge in [-0.2, -0.15) is 0 Å². The molecule has 0 N–H and O–H groups in total. The number of fused-ring (bicyclic) bond motifs is 1. The van der Waals surface area contributed by atoms with E-state index >= 15 is 0 Å². The average Bonchev–Trinajstić information content (AvgIpc) is 2.90. The smallest absolute Gasteiger partial charge is 0.357 e. The van der Waals surface area contributed by atoms with Crippen LogP contribution < -0.4 is 0 Å². The van der Waals surface area contributed by atoms with Gasteiger partial charge in [0.05, 0.1) is 26.7 Å². The minimum atomic E-state index is -0.641. The van der Waals surface area contributed by atoms with E-state index in [-0.39, 0.29) is 40.8 Å². The fourth-order valence-corrected chi connectivity index (χ4v) is 4.94. The summed E-state index contributed by atoms with van der Waals surface area (Å²) < 4.78 is 5.89. The van der Waals surface area contributed by atoms with Crippen molar-refractivity contribution in [2.24, 2.45) is 0 Å². The van der Waals surface area contributed by atoms with Crippen LogP contribution in [0.25, 0.3) is 0 Å². The molecule has 0 unspecified atom stereocenters. The molecule has 0 bridgehead atoms. The first-order valence-corrected chi connectivity index (χ1v) is 9.49. The van der Waals surface area contributed by atoms with Gasteiger partial charge < -0.3 is 4.74 Å². The first-order chi connectivity index (χ1) is 12.4. The van der Waals surface area contributed by atoms with Crippen LogP contribution in [0.15, 0.2) is 34.2 Å². The minimum absolute atomic E-state index is 0.0257. The first kappa shape index (κ1) is 18.5. The lowest BCUT2D eigenvalue weighted by Gasteiger charge is -2.34. The number of non-ortho nitro benzene ring substituents is 1. The van der Waals surface area contributed by atoms with Crippen molar-refractivity contribution in [1.82, 2.24) is 4.90 Å². The second kappa shape index (κ2) is 7.50. The lowest BCUT2D eigenvalue weighted by molar-refractivity contribution is -0.384. The Labute approximate surface area is 157 Å². The number of nitro benzene ring substituents is 1. The van der Waals surface area contributed by atoms with E-state index in [0.29, 0.717) is 16.2 Å². The molecule has 0 saturated carbocycles. The van der Waals surface area contributed by atoms with E-state index in [0.717, 1.165) is 0 Å². The molecule has 2 aliphatic heterocycles. The van der Waals surface area contributed by atoms with Crippen LogP contribution >= 0.6 is 23.5 Å². The number of rotatable bonds is 7. The van der Waals surface area contributed by atoms with E-state index in [1.54, 1.807) is 0 Å². The largest absolute Gasteiger partial charge is 0.456 e.